The van der Waals surface area contributed by atoms with E-state index in [1.165, 1.54) is 17.5 Å². The maximum Gasteiger partial charge on any atom is 0.267 e. The van der Waals surface area contributed by atoms with E-state index in [0.29, 0.717) is 22.8 Å². The van der Waals surface area contributed by atoms with Gasteiger partial charge in [0.1, 0.15) is 16.3 Å². The molecule has 0 saturated heterocycles. The minimum absolute atomic E-state index is 0.119. The number of hydrogen-bond acceptors (Lipinski definition) is 6. The van der Waals surface area contributed by atoms with Crippen LogP contribution in [0.2, 0.25) is 0 Å². The first kappa shape index (κ1) is 15.7. The first-order chi connectivity index (χ1) is 13.1. The van der Waals surface area contributed by atoms with E-state index in [1.807, 2.05) is 18.3 Å². The molecule has 9 nitrogen and oxygen atoms in total. The van der Waals surface area contributed by atoms with Crippen molar-refractivity contribution >= 4 is 15.7 Å². The van der Waals surface area contributed by atoms with Crippen molar-refractivity contribution in [1.29, 1.82) is 0 Å². The molecule has 5 rings (SSSR count). The maximum absolute atomic E-state index is 12.6. The van der Waals surface area contributed by atoms with Crippen LogP contribution in [0.4, 0.5) is 5.69 Å². The zero-order valence-electron chi connectivity index (χ0n) is 14.1. The van der Waals surface area contributed by atoms with Gasteiger partial charge in [0, 0.05) is 25.0 Å². The molecule has 0 atom stereocenters. The van der Waals surface area contributed by atoms with Crippen molar-refractivity contribution in [3.05, 3.63) is 55.2 Å². The van der Waals surface area contributed by atoms with E-state index in [1.54, 1.807) is 35.4 Å². The molecule has 0 spiro atoms. The number of fused-ring (bicyclic) bond motifs is 3. The Labute approximate surface area is 154 Å². The summed E-state index contributed by atoms with van der Waals surface area (Å²) in [5.41, 5.74) is 3.74. The van der Waals surface area contributed by atoms with E-state index >= 15 is 0 Å². The van der Waals surface area contributed by atoms with Crippen LogP contribution in [-0.2, 0) is 10.0 Å². The SMILES string of the molecule is CN1c2ccc(-c3cnn(-c4cccnc4)c3)nc2-c2[nH]ncc2S1(=O)=O. The molecule has 1 N–H and O–H groups in total. The minimum Gasteiger partial charge on any atom is -0.275 e. The summed E-state index contributed by atoms with van der Waals surface area (Å²) in [6.07, 6.45) is 8.28. The predicted octanol–water partition coefficient (Wildman–Crippen LogP) is 1.86. The van der Waals surface area contributed by atoms with Gasteiger partial charge in [0.2, 0.25) is 0 Å². The monoisotopic (exact) mass is 379 g/mol. The Hall–Kier alpha value is -3.53. The summed E-state index contributed by atoms with van der Waals surface area (Å²) in [7, 11) is -2.12. The van der Waals surface area contributed by atoms with Crippen LogP contribution in [0.15, 0.2) is 60.1 Å². The highest BCUT2D eigenvalue weighted by Crippen LogP contribution is 2.40. The largest absolute Gasteiger partial charge is 0.275 e. The number of anilines is 1. The van der Waals surface area contributed by atoms with Crippen molar-refractivity contribution in [2.75, 3.05) is 11.4 Å². The average molecular weight is 379 g/mol. The van der Waals surface area contributed by atoms with Gasteiger partial charge in [-0.05, 0) is 24.3 Å². The van der Waals surface area contributed by atoms with Gasteiger partial charge in [0.25, 0.3) is 10.0 Å². The number of sulfonamides is 1. The van der Waals surface area contributed by atoms with E-state index in [0.717, 1.165) is 11.3 Å². The first-order valence-corrected chi connectivity index (χ1v) is 9.49. The average Bonchev–Trinajstić information content (AvgIpc) is 3.37. The zero-order valence-corrected chi connectivity index (χ0v) is 14.9. The second kappa shape index (κ2) is 5.48. The highest BCUT2D eigenvalue weighted by molar-refractivity contribution is 7.93. The molecule has 4 aromatic rings. The number of aromatic nitrogens is 6. The molecule has 0 aliphatic carbocycles. The van der Waals surface area contributed by atoms with Gasteiger partial charge in [-0.1, -0.05) is 0 Å². The Kier molecular flexibility index (Phi) is 3.19. The van der Waals surface area contributed by atoms with Gasteiger partial charge in [-0.25, -0.2) is 18.1 Å². The van der Waals surface area contributed by atoms with Crippen LogP contribution < -0.4 is 4.31 Å². The Morgan fingerprint density at radius 1 is 1.11 bits per heavy atom. The molecule has 10 heteroatoms. The highest BCUT2D eigenvalue weighted by Gasteiger charge is 2.35. The molecule has 0 saturated carbocycles. The van der Waals surface area contributed by atoms with Crippen LogP contribution in [-0.4, -0.2) is 45.4 Å². The number of aromatic amines is 1. The van der Waals surface area contributed by atoms with Crippen LogP contribution in [0, 0.1) is 0 Å². The summed E-state index contributed by atoms with van der Waals surface area (Å²) in [5.74, 6) is 0. The molecule has 0 bridgehead atoms. The normalized spacial score (nSPS) is 14.6. The fourth-order valence-corrected chi connectivity index (χ4v) is 4.34. The first-order valence-electron chi connectivity index (χ1n) is 8.05. The third-order valence-corrected chi connectivity index (χ3v) is 6.26. The number of pyridine rings is 2. The summed E-state index contributed by atoms with van der Waals surface area (Å²) >= 11 is 0. The van der Waals surface area contributed by atoms with Gasteiger partial charge >= 0.3 is 0 Å². The third-order valence-electron chi connectivity index (χ3n) is 4.48. The summed E-state index contributed by atoms with van der Waals surface area (Å²) < 4.78 is 28.1. The standard InChI is InChI=1S/C17H13N7O2S/c1-23-14-5-4-13(11-7-20-24(10-11)12-3-2-6-18-8-12)21-16(14)17-15(9-19-22-17)27(23,25)26/h2-10H,1H3,(H,19,22). The second-order valence-electron chi connectivity index (χ2n) is 6.03. The molecule has 5 heterocycles. The van der Waals surface area contributed by atoms with Crippen LogP contribution in [0.1, 0.15) is 0 Å². The molecular formula is C17H13N7O2S. The number of hydrogen-bond donors (Lipinski definition) is 1. The van der Waals surface area contributed by atoms with Crippen molar-refractivity contribution in [3.63, 3.8) is 0 Å². The molecule has 1 aliphatic rings. The lowest BCUT2D eigenvalue weighted by Gasteiger charge is -2.26. The Balaban J connectivity index is 1.63. The van der Waals surface area contributed by atoms with E-state index in [2.05, 4.69) is 25.3 Å². The number of rotatable bonds is 2. The molecule has 27 heavy (non-hydrogen) atoms. The van der Waals surface area contributed by atoms with Gasteiger partial charge in [-0.15, -0.1) is 0 Å². The van der Waals surface area contributed by atoms with Crippen LogP contribution in [0.25, 0.3) is 28.3 Å². The van der Waals surface area contributed by atoms with E-state index in [9.17, 15) is 8.42 Å². The quantitative estimate of drug-likeness (QED) is 0.569. The van der Waals surface area contributed by atoms with Gasteiger partial charge in [-0.3, -0.25) is 14.4 Å². The molecule has 1 aliphatic heterocycles. The number of nitrogens with one attached hydrogen (secondary N) is 1. The van der Waals surface area contributed by atoms with Crippen molar-refractivity contribution in [3.8, 4) is 28.3 Å². The molecular weight excluding hydrogens is 366 g/mol. The van der Waals surface area contributed by atoms with Crippen molar-refractivity contribution < 1.29 is 8.42 Å². The molecule has 0 amide bonds. The summed E-state index contributed by atoms with van der Waals surface area (Å²) in [6.45, 7) is 0. The molecule has 0 unspecified atom stereocenters. The van der Waals surface area contributed by atoms with E-state index in [-0.39, 0.29) is 4.90 Å². The summed E-state index contributed by atoms with van der Waals surface area (Å²) in [4.78, 5) is 8.88. The third kappa shape index (κ3) is 2.27. The van der Waals surface area contributed by atoms with Gasteiger partial charge in [0.15, 0.2) is 0 Å². The lowest BCUT2D eigenvalue weighted by Crippen LogP contribution is -2.30. The van der Waals surface area contributed by atoms with Crippen molar-refractivity contribution in [1.82, 2.24) is 29.9 Å². The molecule has 0 radical (unpaired) electrons. The van der Waals surface area contributed by atoms with E-state index in [4.69, 9.17) is 0 Å². The van der Waals surface area contributed by atoms with E-state index < -0.39 is 10.0 Å². The lowest BCUT2D eigenvalue weighted by atomic mass is 10.1. The Morgan fingerprint density at radius 2 is 2.00 bits per heavy atom. The zero-order chi connectivity index (χ0) is 18.6. The fraction of sp³-hybridized carbons (Fsp3) is 0.0588. The lowest BCUT2D eigenvalue weighted by molar-refractivity contribution is 0.594. The Bertz CT molecular complexity index is 1260. The van der Waals surface area contributed by atoms with Crippen LogP contribution in [0.5, 0.6) is 0 Å². The molecule has 134 valence electrons. The van der Waals surface area contributed by atoms with Crippen LogP contribution in [0.3, 0.4) is 0 Å². The molecule has 0 fully saturated rings. The fourth-order valence-electron chi connectivity index (χ4n) is 3.05. The molecule has 4 aromatic heterocycles. The number of nitrogens with zero attached hydrogens (tertiary/aromatic N) is 6. The highest BCUT2D eigenvalue weighted by atomic mass is 32.2. The van der Waals surface area contributed by atoms with Gasteiger partial charge < -0.3 is 0 Å². The Morgan fingerprint density at radius 3 is 2.81 bits per heavy atom. The minimum atomic E-state index is -3.62. The van der Waals surface area contributed by atoms with Gasteiger partial charge in [-0.2, -0.15) is 10.2 Å². The molecule has 0 aromatic carbocycles. The summed E-state index contributed by atoms with van der Waals surface area (Å²) in [5, 5.41) is 11.0. The van der Waals surface area contributed by atoms with Crippen LogP contribution >= 0.6 is 0 Å². The van der Waals surface area contributed by atoms with Crippen molar-refractivity contribution in [2.45, 2.75) is 4.90 Å². The van der Waals surface area contributed by atoms with Gasteiger partial charge in [0.05, 0.1) is 35.7 Å². The predicted molar refractivity (Wildman–Crippen MR) is 97.8 cm³/mol. The number of H-pyrrole nitrogens is 1. The smallest absolute Gasteiger partial charge is 0.267 e. The maximum atomic E-state index is 12.6. The summed E-state index contributed by atoms with van der Waals surface area (Å²) in [6, 6.07) is 7.25. The van der Waals surface area contributed by atoms with Crippen molar-refractivity contribution in [2.24, 2.45) is 0 Å². The topological polar surface area (TPSA) is 110 Å². The second-order valence-corrected chi connectivity index (χ2v) is 7.97.